The summed E-state index contributed by atoms with van der Waals surface area (Å²) in [6.07, 6.45) is 4.00. The van der Waals surface area contributed by atoms with E-state index >= 15 is 0 Å². The molecule has 0 saturated heterocycles. The third kappa shape index (κ3) is 6.08. The second kappa shape index (κ2) is 10.5. The average molecular weight is 554 g/mol. The molecule has 0 amide bonds. The summed E-state index contributed by atoms with van der Waals surface area (Å²) in [5.74, 6) is -1.06. The number of nitro benzene ring substituents is 1. The van der Waals surface area contributed by atoms with Crippen molar-refractivity contribution >= 4 is 63.2 Å². The molecule has 4 rings (SSSR count). The quantitative estimate of drug-likeness (QED) is 0.122. The zero-order valence-corrected chi connectivity index (χ0v) is 20.0. The zero-order valence-electron chi connectivity index (χ0n) is 17.7. The lowest BCUT2D eigenvalue weighted by Crippen LogP contribution is -2.06. The molecule has 1 aliphatic rings. The molecule has 0 N–H and O–H groups in total. The van der Waals surface area contributed by atoms with Gasteiger partial charge in [0.2, 0.25) is 5.90 Å². The van der Waals surface area contributed by atoms with Gasteiger partial charge in [-0.25, -0.2) is 14.6 Å². The SMILES string of the molecule is O=C(/C=C/c1cccc([N+](=O)[O-])c1)Oc1ccc(Br)cc1/C=C1\N=C(c2ccc(Cl)cc2)OC1=O. The average Bonchev–Trinajstić information content (AvgIpc) is 3.20. The minimum Gasteiger partial charge on any atom is -0.423 e. The normalized spacial score (nSPS) is 14.2. The third-order valence-corrected chi connectivity index (χ3v) is 5.42. The highest BCUT2D eigenvalue weighted by Gasteiger charge is 2.24. The predicted molar refractivity (Wildman–Crippen MR) is 134 cm³/mol. The number of benzene rings is 3. The molecule has 0 bridgehead atoms. The van der Waals surface area contributed by atoms with Gasteiger partial charge in [-0.3, -0.25) is 10.1 Å². The molecule has 174 valence electrons. The zero-order chi connectivity index (χ0) is 24.9. The Kier molecular flexibility index (Phi) is 7.19. The second-order valence-corrected chi connectivity index (χ2v) is 8.48. The van der Waals surface area contributed by atoms with Crippen LogP contribution in [0.1, 0.15) is 16.7 Å². The number of non-ortho nitro benzene ring substituents is 1. The van der Waals surface area contributed by atoms with Crippen LogP contribution in [-0.4, -0.2) is 22.8 Å². The molecule has 0 spiro atoms. The van der Waals surface area contributed by atoms with Crippen LogP contribution in [0.25, 0.3) is 12.2 Å². The van der Waals surface area contributed by atoms with Crippen molar-refractivity contribution in [2.45, 2.75) is 0 Å². The Balaban J connectivity index is 1.56. The maximum atomic E-state index is 12.4. The van der Waals surface area contributed by atoms with Gasteiger partial charge in [0.05, 0.1) is 4.92 Å². The van der Waals surface area contributed by atoms with Crippen LogP contribution in [0, 0.1) is 10.1 Å². The number of carbonyl (C=O) groups is 2. The molecule has 0 aliphatic carbocycles. The van der Waals surface area contributed by atoms with Crippen LogP contribution in [0.4, 0.5) is 5.69 Å². The van der Waals surface area contributed by atoms with E-state index in [4.69, 9.17) is 21.1 Å². The van der Waals surface area contributed by atoms with Gasteiger partial charge in [-0.1, -0.05) is 39.7 Å². The van der Waals surface area contributed by atoms with Crippen molar-refractivity contribution < 1.29 is 24.0 Å². The van der Waals surface area contributed by atoms with Crippen molar-refractivity contribution in [1.82, 2.24) is 0 Å². The summed E-state index contributed by atoms with van der Waals surface area (Å²) in [5, 5.41) is 11.4. The Hall–Kier alpha value is -4.08. The first-order chi connectivity index (χ1) is 16.8. The van der Waals surface area contributed by atoms with E-state index < -0.39 is 16.9 Å². The van der Waals surface area contributed by atoms with Crippen LogP contribution < -0.4 is 4.74 Å². The van der Waals surface area contributed by atoms with Crippen molar-refractivity contribution in [2.75, 3.05) is 0 Å². The maximum absolute atomic E-state index is 12.4. The highest BCUT2D eigenvalue weighted by Crippen LogP contribution is 2.28. The molecule has 0 fully saturated rings. The van der Waals surface area contributed by atoms with Crippen LogP contribution in [-0.2, 0) is 14.3 Å². The van der Waals surface area contributed by atoms with Gasteiger partial charge in [-0.15, -0.1) is 0 Å². The van der Waals surface area contributed by atoms with Gasteiger partial charge < -0.3 is 9.47 Å². The number of aliphatic imine (C=N–C) groups is 1. The van der Waals surface area contributed by atoms with E-state index in [0.717, 1.165) is 6.08 Å². The first kappa shape index (κ1) is 24.1. The number of esters is 2. The van der Waals surface area contributed by atoms with E-state index in [1.807, 2.05) is 0 Å². The highest BCUT2D eigenvalue weighted by atomic mass is 79.9. The summed E-state index contributed by atoms with van der Waals surface area (Å²) >= 11 is 9.26. The fourth-order valence-electron chi connectivity index (χ4n) is 3.05. The lowest BCUT2D eigenvalue weighted by molar-refractivity contribution is -0.384. The lowest BCUT2D eigenvalue weighted by Gasteiger charge is -2.06. The van der Waals surface area contributed by atoms with E-state index in [2.05, 4.69) is 20.9 Å². The number of hydrogen-bond donors (Lipinski definition) is 0. The van der Waals surface area contributed by atoms with Crippen molar-refractivity contribution in [1.29, 1.82) is 0 Å². The number of halogens is 2. The number of ether oxygens (including phenoxy) is 2. The third-order valence-electron chi connectivity index (χ3n) is 4.68. The van der Waals surface area contributed by atoms with Gasteiger partial charge in [-0.05, 0) is 60.2 Å². The summed E-state index contributed by atoms with van der Waals surface area (Å²) in [6.45, 7) is 0. The van der Waals surface area contributed by atoms with Gasteiger partial charge in [0, 0.05) is 38.8 Å². The number of nitrogens with zero attached hydrogens (tertiary/aromatic N) is 2. The smallest absolute Gasteiger partial charge is 0.363 e. The number of carbonyl (C=O) groups excluding carboxylic acids is 2. The van der Waals surface area contributed by atoms with Crippen LogP contribution in [0.3, 0.4) is 0 Å². The van der Waals surface area contributed by atoms with Gasteiger partial charge in [0.25, 0.3) is 5.69 Å². The van der Waals surface area contributed by atoms with Gasteiger partial charge in [0.1, 0.15) is 5.75 Å². The van der Waals surface area contributed by atoms with E-state index in [-0.39, 0.29) is 23.0 Å². The molecule has 0 radical (unpaired) electrons. The molecule has 1 aliphatic heterocycles. The molecule has 3 aromatic rings. The Labute approximate surface area is 212 Å². The number of rotatable bonds is 6. The number of cyclic esters (lactones) is 1. The molecule has 1 heterocycles. The van der Waals surface area contributed by atoms with Gasteiger partial charge >= 0.3 is 11.9 Å². The fourth-order valence-corrected chi connectivity index (χ4v) is 3.55. The Morgan fingerprint density at radius 3 is 2.63 bits per heavy atom. The van der Waals surface area contributed by atoms with Crippen LogP contribution >= 0.6 is 27.5 Å². The minimum atomic E-state index is -0.710. The summed E-state index contributed by atoms with van der Waals surface area (Å²) in [6, 6.07) is 17.4. The summed E-state index contributed by atoms with van der Waals surface area (Å²) < 4.78 is 11.4. The fraction of sp³-hybridized carbons (Fsp3) is 0. The highest BCUT2D eigenvalue weighted by molar-refractivity contribution is 9.10. The van der Waals surface area contributed by atoms with Crippen LogP contribution in [0.15, 0.2) is 88.0 Å². The molecule has 8 nitrogen and oxygen atoms in total. The van der Waals surface area contributed by atoms with Crippen LogP contribution in [0.2, 0.25) is 5.02 Å². The summed E-state index contributed by atoms with van der Waals surface area (Å²) in [5.41, 5.74) is 1.39. The van der Waals surface area contributed by atoms with Gasteiger partial charge in [-0.2, -0.15) is 0 Å². The largest absolute Gasteiger partial charge is 0.423 e. The Morgan fingerprint density at radius 1 is 1.11 bits per heavy atom. The Morgan fingerprint density at radius 2 is 1.89 bits per heavy atom. The monoisotopic (exact) mass is 552 g/mol. The van der Waals surface area contributed by atoms with E-state index in [0.29, 0.717) is 26.2 Å². The summed E-state index contributed by atoms with van der Waals surface area (Å²) in [7, 11) is 0. The minimum absolute atomic E-state index is 0.0255. The van der Waals surface area contributed by atoms with E-state index in [1.165, 1.54) is 30.4 Å². The standard InChI is InChI=1S/C25H14BrClN2O6/c26-18-7-10-22(34-23(30)11-4-15-2-1-3-20(12-15)29(32)33)17(13-18)14-21-25(31)35-24(28-21)16-5-8-19(27)9-6-16/h1-14H/b11-4+,21-14-. The molecular formula is C25H14BrClN2O6. The maximum Gasteiger partial charge on any atom is 0.363 e. The van der Waals surface area contributed by atoms with E-state index in [1.54, 1.807) is 48.5 Å². The summed E-state index contributed by atoms with van der Waals surface area (Å²) in [4.78, 5) is 39.4. The van der Waals surface area contributed by atoms with Gasteiger partial charge in [0.15, 0.2) is 5.70 Å². The van der Waals surface area contributed by atoms with Crippen molar-refractivity contribution in [2.24, 2.45) is 4.99 Å². The molecule has 0 aromatic heterocycles. The molecule has 10 heteroatoms. The van der Waals surface area contributed by atoms with Crippen molar-refractivity contribution in [3.05, 3.63) is 115 Å². The predicted octanol–water partition coefficient (Wildman–Crippen LogP) is 5.97. The lowest BCUT2D eigenvalue weighted by atomic mass is 10.1. The molecule has 35 heavy (non-hydrogen) atoms. The molecule has 0 atom stereocenters. The second-order valence-electron chi connectivity index (χ2n) is 7.13. The van der Waals surface area contributed by atoms with E-state index in [9.17, 15) is 19.7 Å². The molecule has 0 unspecified atom stereocenters. The van der Waals surface area contributed by atoms with Crippen molar-refractivity contribution in [3.63, 3.8) is 0 Å². The molecule has 0 saturated carbocycles. The molecular weight excluding hydrogens is 540 g/mol. The first-order valence-electron chi connectivity index (χ1n) is 10.0. The Bertz CT molecular complexity index is 1430. The van der Waals surface area contributed by atoms with Crippen LogP contribution in [0.5, 0.6) is 5.75 Å². The molecule has 3 aromatic carbocycles. The first-order valence-corrected chi connectivity index (χ1v) is 11.2. The number of hydrogen-bond acceptors (Lipinski definition) is 7. The number of nitro groups is 1. The van der Waals surface area contributed by atoms with Crippen molar-refractivity contribution in [3.8, 4) is 5.75 Å². The topological polar surface area (TPSA) is 108 Å².